The second-order valence-electron chi connectivity index (χ2n) is 3.52. The molecule has 96 valence electrons. The van der Waals surface area contributed by atoms with Crippen molar-refractivity contribution in [3.63, 3.8) is 0 Å². The summed E-state index contributed by atoms with van der Waals surface area (Å²) in [5.74, 6) is 2.64. The molecule has 0 aliphatic carbocycles. The van der Waals surface area contributed by atoms with Crippen molar-refractivity contribution in [3.05, 3.63) is 11.5 Å². The topological polar surface area (TPSA) is 64.1 Å². The fraction of sp³-hybridized carbons (Fsp3) is 0.417. The van der Waals surface area contributed by atoms with Crippen molar-refractivity contribution >= 4 is 23.2 Å². The Balaban J connectivity index is 2.51. The molecule has 1 rings (SSSR count). The Bertz CT molecular complexity index is 457. The van der Waals surface area contributed by atoms with Gasteiger partial charge in [0.15, 0.2) is 0 Å². The molecule has 1 amide bonds. The van der Waals surface area contributed by atoms with Crippen LogP contribution in [0.3, 0.4) is 0 Å². The van der Waals surface area contributed by atoms with Gasteiger partial charge in [-0.1, -0.05) is 0 Å². The summed E-state index contributed by atoms with van der Waals surface area (Å²) in [6.45, 7) is 0. The van der Waals surface area contributed by atoms with Crippen molar-refractivity contribution in [2.75, 3.05) is 12.4 Å². The van der Waals surface area contributed by atoms with Crippen LogP contribution in [-0.2, 0) is 4.79 Å². The highest BCUT2D eigenvalue weighted by molar-refractivity contribution is 6.28. The molecular formula is C12H14ClN3O2. The molecule has 0 fully saturated rings. The standard InChI is InChI=1S/C12H14ClN3O2/c1-3-4-5-6-7-10(17)15-9-8-14-12(13)16-11(9)18-2/h1,8H,4-7H2,2H3,(H,15,17). The average molecular weight is 268 g/mol. The van der Waals surface area contributed by atoms with E-state index in [0.717, 1.165) is 12.8 Å². The molecule has 0 atom stereocenters. The number of nitrogens with one attached hydrogen (secondary N) is 1. The van der Waals surface area contributed by atoms with Crippen LogP contribution in [0.25, 0.3) is 0 Å². The number of anilines is 1. The minimum absolute atomic E-state index is 0.0684. The van der Waals surface area contributed by atoms with Crippen LogP contribution in [0.1, 0.15) is 25.7 Å². The van der Waals surface area contributed by atoms with Crippen molar-refractivity contribution in [1.29, 1.82) is 0 Å². The van der Waals surface area contributed by atoms with E-state index in [9.17, 15) is 4.79 Å². The summed E-state index contributed by atoms with van der Waals surface area (Å²) in [6, 6.07) is 0. The number of nitrogens with zero attached hydrogens (tertiary/aromatic N) is 2. The molecule has 6 heteroatoms. The molecule has 0 radical (unpaired) electrons. The van der Waals surface area contributed by atoms with Crippen LogP contribution in [0.15, 0.2) is 6.20 Å². The number of terminal acetylenes is 1. The normalized spacial score (nSPS) is 9.61. The predicted molar refractivity (Wildman–Crippen MR) is 69.5 cm³/mol. The minimum Gasteiger partial charge on any atom is -0.479 e. The smallest absolute Gasteiger partial charge is 0.241 e. The van der Waals surface area contributed by atoms with Crippen LogP contribution < -0.4 is 10.1 Å². The lowest BCUT2D eigenvalue weighted by molar-refractivity contribution is -0.116. The third-order valence-corrected chi connectivity index (χ3v) is 2.35. The summed E-state index contributed by atoms with van der Waals surface area (Å²) in [6.07, 6.45) is 9.19. The van der Waals surface area contributed by atoms with Crippen LogP contribution in [-0.4, -0.2) is 23.0 Å². The van der Waals surface area contributed by atoms with E-state index in [1.807, 2.05) is 0 Å². The molecule has 0 bridgehead atoms. The van der Waals surface area contributed by atoms with Gasteiger partial charge in [0.05, 0.1) is 13.3 Å². The Morgan fingerprint density at radius 2 is 2.39 bits per heavy atom. The van der Waals surface area contributed by atoms with Crippen molar-refractivity contribution in [2.24, 2.45) is 0 Å². The molecule has 1 aromatic heterocycles. The molecule has 1 aromatic rings. The summed E-state index contributed by atoms with van der Waals surface area (Å²) in [5.41, 5.74) is 0.406. The highest BCUT2D eigenvalue weighted by Crippen LogP contribution is 2.21. The van der Waals surface area contributed by atoms with Crippen LogP contribution in [0.4, 0.5) is 5.69 Å². The van der Waals surface area contributed by atoms with Gasteiger partial charge in [0.2, 0.25) is 17.1 Å². The molecule has 1 heterocycles. The van der Waals surface area contributed by atoms with E-state index in [-0.39, 0.29) is 17.1 Å². The summed E-state index contributed by atoms with van der Waals surface area (Å²) in [7, 11) is 1.45. The largest absolute Gasteiger partial charge is 0.479 e. The van der Waals surface area contributed by atoms with E-state index in [1.54, 1.807) is 0 Å². The number of carbonyl (C=O) groups is 1. The van der Waals surface area contributed by atoms with Crippen molar-refractivity contribution in [3.8, 4) is 18.2 Å². The van der Waals surface area contributed by atoms with Gasteiger partial charge in [0.25, 0.3) is 0 Å². The summed E-state index contributed by atoms with van der Waals surface area (Å²) >= 11 is 5.62. The maximum absolute atomic E-state index is 11.6. The van der Waals surface area contributed by atoms with Gasteiger partial charge < -0.3 is 10.1 Å². The highest BCUT2D eigenvalue weighted by atomic mass is 35.5. The molecule has 18 heavy (non-hydrogen) atoms. The first kappa shape index (κ1) is 14.3. The van der Waals surface area contributed by atoms with Gasteiger partial charge in [-0.15, -0.1) is 12.3 Å². The fourth-order valence-electron chi connectivity index (χ4n) is 1.31. The minimum atomic E-state index is -0.128. The molecule has 0 aromatic carbocycles. The maximum Gasteiger partial charge on any atom is 0.241 e. The first-order chi connectivity index (χ1) is 8.67. The number of aromatic nitrogens is 2. The SMILES string of the molecule is C#CCCCCC(=O)Nc1cnc(Cl)nc1OC. The summed E-state index contributed by atoms with van der Waals surface area (Å²) in [5, 5.41) is 2.73. The second kappa shape index (κ2) is 7.51. The Kier molecular flexibility index (Phi) is 5.95. The fourth-order valence-corrected chi connectivity index (χ4v) is 1.44. The Morgan fingerprint density at radius 1 is 1.61 bits per heavy atom. The van der Waals surface area contributed by atoms with E-state index in [4.69, 9.17) is 22.8 Å². The predicted octanol–water partition coefficient (Wildman–Crippen LogP) is 2.27. The molecule has 0 aliphatic heterocycles. The number of hydrogen-bond donors (Lipinski definition) is 1. The zero-order valence-electron chi connectivity index (χ0n) is 10.1. The van der Waals surface area contributed by atoms with Gasteiger partial charge in [-0.3, -0.25) is 4.79 Å². The van der Waals surface area contributed by atoms with Crippen molar-refractivity contribution in [1.82, 2.24) is 9.97 Å². The first-order valence-electron chi connectivity index (χ1n) is 5.47. The number of hydrogen-bond acceptors (Lipinski definition) is 4. The molecular weight excluding hydrogens is 254 g/mol. The third kappa shape index (κ3) is 4.60. The summed E-state index contributed by atoms with van der Waals surface area (Å²) in [4.78, 5) is 19.3. The van der Waals surface area contributed by atoms with Gasteiger partial charge in [-0.2, -0.15) is 4.98 Å². The lowest BCUT2D eigenvalue weighted by atomic mass is 10.2. The van der Waals surface area contributed by atoms with Gasteiger partial charge in [-0.25, -0.2) is 4.98 Å². The van der Waals surface area contributed by atoms with Crippen LogP contribution in [0.2, 0.25) is 5.28 Å². The zero-order chi connectivity index (χ0) is 13.4. The zero-order valence-corrected chi connectivity index (χ0v) is 10.8. The lowest BCUT2D eigenvalue weighted by Crippen LogP contribution is -2.12. The van der Waals surface area contributed by atoms with E-state index >= 15 is 0 Å². The molecule has 0 saturated carbocycles. The molecule has 0 spiro atoms. The van der Waals surface area contributed by atoms with Gasteiger partial charge >= 0.3 is 0 Å². The van der Waals surface area contributed by atoms with Gasteiger partial charge in [-0.05, 0) is 24.4 Å². The number of carbonyl (C=O) groups excluding carboxylic acids is 1. The summed E-state index contributed by atoms with van der Waals surface area (Å²) < 4.78 is 4.99. The highest BCUT2D eigenvalue weighted by Gasteiger charge is 2.09. The number of unbranched alkanes of at least 4 members (excludes halogenated alkanes) is 2. The lowest BCUT2D eigenvalue weighted by Gasteiger charge is -2.08. The molecule has 1 N–H and O–H groups in total. The van der Waals surface area contributed by atoms with Crippen LogP contribution in [0, 0.1) is 12.3 Å². The maximum atomic E-state index is 11.6. The van der Waals surface area contributed by atoms with E-state index < -0.39 is 0 Å². The molecule has 0 unspecified atom stereocenters. The Hall–Kier alpha value is -1.80. The van der Waals surface area contributed by atoms with E-state index in [1.165, 1.54) is 13.3 Å². The monoisotopic (exact) mass is 267 g/mol. The first-order valence-corrected chi connectivity index (χ1v) is 5.85. The van der Waals surface area contributed by atoms with E-state index in [2.05, 4.69) is 21.2 Å². The molecule has 0 saturated heterocycles. The third-order valence-electron chi connectivity index (χ3n) is 2.17. The van der Waals surface area contributed by atoms with Crippen LogP contribution in [0.5, 0.6) is 5.88 Å². The second-order valence-corrected chi connectivity index (χ2v) is 3.86. The number of ether oxygens (including phenoxy) is 1. The van der Waals surface area contributed by atoms with E-state index in [0.29, 0.717) is 18.5 Å². The molecule has 0 aliphatic rings. The quantitative estimate of drug-likeness (QED) is 0.488. The van der Waals surface area contributed by atoms with Gasteiger partial charge in [0.1, 0.15) is 5.69 Å². The number of halogens is 1. The van der Waals surface area contributed by atoms with Gasteiger partial charge in [0, 0.05) is 12.8 Å². The van der Waals surface area contributed by atoms with Crippen molar-refractivity contribution in [2.45, 2.75) is 25.7 Å². The Labute approximate surface area is 111 Å². The number of methoxy groups -OCH3 is 1. The number of amides is 1. The number of rotatable bonds is 6. The molecule has 5 nitrogen and oxygen atoms in total. The van der Waals surface area contributed by atoms with Crippen LogP contribution >= 0.6 is 11.6 Å². The average Bonchev–Trinajstić information content (AvgIpc) is 2.37. The van der Waals surface area contributed by atoms with Crippen molar-refractivity contribution < 1.29 is 9.53 Å². The Morgan fingerprint density at radius 3 is 3.06 bits per heavy atom.